The molecule has 3 nitrogen and oxygen atoms in total. The number of ether oxygens (including phenoxy) is 1. The van der Waals surface area contributed by atoms with Gasteiger partial charge in [-0.3, -0.25) is 0 Å². The molecule has 0 amide bonds. The van der Waals surface area contributed by atoms with E-state index in [1.165, 1.54) is 6.07 Å². The van der Waals surface area contributed by atoms with Crippen LogP contribution in [0.15, 0.2) is 16.6 Å². The zero-order chi connectivity index (χ0) is 15.1. The summed E-state index contributed by atoms with van der Waals surface area (Å²) in [6.07, 6.45) is 3.23. The fourth-order valence-corrected chi connectivity index (χ4v) is 3.70. The Hall–Kier alpha value is -0.650. The van der Waals surface area contributed by atoms with Gasteiger partial charge in [-0.15, -0.1) is 11.6 Å². The molecule has 3 rings (SSSR count). The number of aromatic nitrogens is 2. The van der Waals surface area contributed by atoms with Crippen molar-refractivity contribution in [1.29, 1.82) is 0 Å². The zero-order valence-corrected chi connectivity index (χ0v) is 14.3. The molecule has 3 atom stereocenters. The molecule has 1 heterocycles. The Bertz CT molecular complexity index is 673. The predicted octanol–water partition coefficient (Wildman–Crippen LogP) is 4.98. The van der Waals surface area contributed by atoms with Gasteiger partial charge in [0.2, 0.25) is 0 Å². The molecule has 3 unspecified atom stereocenters. The van der Waals surface area contributed by atoms with Gasteiger partial charge < -0.3 is 9.30 Å². The van der Waals surface area contributed by atoms with Gasteiger partial charge in [-0.05, 0) is 48.2 Å². The number of benzene rings is 1. The monoisotopic (exact) mass is 374 g/mol. The maximum atomic E-state index is 14.0. The Morgan fingerprint density at radius 2 is 2.24 bits per heavy atom. The minimum Gasteiger partial charge on any atom is -0.379 e. The summed E-state index contributed by atoms with van der Waals surface area (Å²) in [5.74, 6) is 0.488. The Morgan fingerprint density at radius 1 is 1.48 bits per heavy atom. The van der Waals surface area contributed by atoms with Crippen molar-refractivity contribution in [2.24, 2.45) is 0 Å². The number of alkyl halides is 1. The maximum Gasteiger partial charge on any atom is 0.139 e. The molecule has 1 aromatic heterocycles. The summed E-state index contributed by atoms with van der Waals surface area (Å²) in [7, 11) is 1.73. The van der Waals surface area contributed by atoms with E-state index in [1.807, 2.05) is 6.92 Å². The highest BCUT2D eigenvalue weighted by molar-refractivity contribution is 9.10. The van der Waals surface area contributed by atoms with E-state index in [9.17, 15) is 4.39 Å². The lowest BCUT2D eigenvalue weighted by atomic mass is 10.2. The van der Waals surface area contributed by atoms with Gasteiger partial charge in [-0.2, -0.15) is 0 Å². The molecular weight excluding hydrogens is 359 g/mol. The first-order valence-electron chi connectivity index (χ1n) is 7.06. The van der Waals surface area contributed by atoms with Crippen LogP contribution >= 0.6 is 27.5 Å². The van der Waals surface area contributed by atoms with Crippen LogP contribution in [-0.4, -0.2) is 22.8 Å². The fourth-order valence-electron chi connectivity index (χ4n) is 3.21. The summed E-state index contributed by atoms with van der Waals surface area (Å²) in [6.45, 7) is 1.89. The van der Waals surface area contributed by atoms with E-state index >= 15 is 0 Å². The Labute approximate surface area is 136 Å². The normalized spacial score (nSPS) is 23.9. The highest BCUT2D eigenvalue weighted by Crippen LogP contribution is 2.38. The van der Waals surface area contributed by atoms with Crippen molar-refractivity contribution >= 4 is 38.6 Å². The Morgan fingerprint density at radius 3 is 2.90 bits per heavy atom. The quantitative estimate of drug-likeness (QED) is 0.708. The number of halogens is 3. The minimum absolute atomic E-state index is 0.128. The molecule has 1 aliphatic carbocycles. The van der Waals surface area contributed by atoms with Crippen molar-refractivity contribution in [2.75, 3.05) is 7.11 Å². The van der Waals surface area contributed by atoms with E-state index in [0.29, 0.717) is 4.47 Å². The molecular formula is C15H17BrClFN2O. The number of fused-ring (bicyclic) bond motifs is 1. The Kier molecular flexibility index (Phi) is 4.26. The molecule has 1 aliphatic rings. The molecule has 21 heavy (non-hydrogen) atoms. The standard InChI is InChI=1S/C15H17BrClFN2O/c1-8(17)15-19-11-6-9(16)10(18)7-13(11)20(15)12-4-3-5-14(12)21-2/h6-8,12,14H,3-5H2,1-2H3. The van der Waals surface area contributed by atoms with Crippen LogP contribution in [0.4, 0.5) is 4.39 Å². The summed E-state index contributed by atoms with van der Waals surface area (Å²) in [5, 5.41) is -0.239. The van der Waals surface area contributed by atoms with Crippen molar-refractivity contribution in [3.05, 3.63) is 28.2 Å². The summed E-state index contributed by atoms with van der Waals surface area (Å²) < 4.78 is 22.0. The van der Waals surface area contributed by atoms with E-state index in [0.717, 1.165) is 36.1 Å². The third kappa shape index (κ3) is 2.60. The predicted molar refractivity (Wildman–Crippen MR) is 85.3 cm³/mol. The number of hydrogen-bond donors (Lipinski definition) is 0. The number of rotatable bonds is 3. The van der Waals surface area contributed by atoms with Gasteiger partial charge in [0.05, 0.1) is 33.0 Å². The molecule has 1 saturated carbocycles. The number of imidazole rings is 1. The van der Waals surface area contributed by atoms with Crippen molar-refractivity contribution in [1.82, 2.24) is 9.55 Å². The van der Waals surface area contributed by atoms with Crippen LogP contribution in [0.1, 0.15) is 43.4 Å². The van der Waals surface area contributed by atoms with Crippen LogP contribution in [0.5, 0.6) is 0 Å². The van der Waals surface area contributed by atoms with Gasteiger partial charge in [-0.25, -0.2) is 9.37 Å². The lowest BCUT2D eigenvalue weighted by Crippen LogP contribution is -2.22. The number of nitrogens with zero attached hydrogens (tertiary/aromatic N) is 2. The second-order valence-corrected chi connectivity index (χ2v) is 6.99. The summed E-state index contributed by atoms with van der Waals surface area (Å²) in [4.78, 5) is 4.61. The maximum absolute atomic E-state index is 14.0. The van der Waals surface area contributed by atoms with Gasteiger partial charge in [0.25, 0.3) is 0 Å². The smallest absolute Gasteiger partial charge is 0.139 e. The van der Waals surface area contributed by atoms with Crippen LogP contribution < -0.4 is 0 Å². The summed E-state index contributed by atoms with van der Waals surface area (Å²) in [6, 6.07) is 3.40. The Balaban J connectivity index is 2.23. The molecule has 0 saturated heterocycles. The molecule has 6 heteroatoms. The van der Waals surface area contributed by atoms with Gasteiger partial charge in [-0.1, -0.05) is 0 Å². The van der Waals surface area contributed by atoms with Crippen molar-refractivity contribution < 1.29 is 9.13 Å². The SMILES string of the molecule is COC1CCCC1n1c(C(C)Cl)nc2cc(Br)c(F)cc21. The topological polar surface area (TPSA) is 27.1 Å². The first-order valence-corrected chi connectivity index (χ1v) is 8.29. The largest absolute Gasteiger partial charge is 0.379 e. The highest BCUT2D eigenvalue weighted by atomic mass is 79.9. The van der Waals surface area contributed by atoms with Gasteiger partial charge in [0.1, 0.15) is 11.6 Å². The van der Waals surface area contributed by atoms with E-state index in [4.69, 9.17) is 16.3 Å². The highest BCUT2D eigenvalue weighted by Gasteiger charge is 2.32. The second-order valence-electron chi connectivity index (χ2n) is 5.48. The molecule has 0 radical (unpaired) electrons. The summed E-state index contributed by atoms with van der Waals surface area (Å²) >= 11 is 9.51. The third-order valence-electron chi connectivity index (χ3n) is 4.17. The van der Waals surface area contributed by atoms with Crippen LogP contribution in [0.2, 0.25) is 0 Å². The lowest BCUT2D eigenvalue weighted by Gasteiger charge is -2.23. The van der Waals surface area contributed by atoms with E-state index in [2.05, 4.69) is 25.5 Å². The minimum atomic E-state index is -0.288. The second kappa shape index (κ2) is 5.86. The van der Waals surface area contributed by atoms with Crippen LogP contribution in [0, 0.1) is 5.82 Å². The van der Waals surface area contributed by atoms with Crippen molar-refractivity contribution in [3.63, 3.8) is 0 Å². The van der Waals surface area contributed by atoms with Gasteiger partial charge in [0, 0.05) is 13.2 Å². The molecule has 0 spiro atoms. The number of methoxy groups -OCH3 is 1. The van der Waals surface area contributed by atoms with Crippen LogP contribution in [0.3, 0.4) is 0 Å². The van der Waals surface area contributed by atoms with Crippen molar-refractivity contribution in [3.8, 4) is 0 Å². The first-order chi connectivity index (χ1) is 10.0. The van der Waals surface area contributed by atoms with E-state index in [-0.39, 0.29) is 23.3 Å². The van der Waals surface area contributed by atoms with Crippen LogP contribution in [-0.2, 0) is 4.74 Å². The molecule has 1 fully saturated rings. The fraction of sp³-hybridized carbons (Fsp3) is 0.533. The van der Waals surface area contributed by atoms with Crippen LogP contribution in [0.25, 0.3) is 11.0 Å². The van der Waals surface area contributed by atoms with Gasteiger partial charge >= 0.3 is 0 Å². The summed E-state index contributed by atoms with van der Waals surface area (Å²) in [5.41, 5.74) is 1.54. The third-order valence-corrected chi connectivity index (χ3v) is 4.97. The number of hydrogen-bond acceptors (Lipinski definition) is 2. The molecule has 114 valence electrons. The average Bonchev–Trinajstić information content (AvgIpc) is 3.02. The van der Waals surface area contributed by atoms with E-state index in [1.54, 1.807) is 13.2 Å². The molecule has 0 bridgehead atoms. The zero-order valence-electron chi connectivity index (χ0n) is 11.9. The van der Waals surface area contributed by atoms with E-state index < -0.39 is 0 Å². The molecule has 2 aromatic rings. The molecule has 0 N–H and O–H groups in total. The van der Waals surface area contributed by atoms with Crippen molar-refractivity contribution in [2.45, 2.75) is 43.7 Å². The molecule has 0 aliphatic heterocycles. The molecule has 1 aromatic carbocycles. The first kappa shape index (κ1) is 15.3. The van der Waals surface area contributed by atoms with Gasteiger partial charge in [0.15, 0.2) is 0 Å². The lowest BCUT2D eigenvalue weighted by molar-refractivity contribution is 0.0752. The average molecular weight is 376 g/mol.